The average Bonchev–Trinajstić information content (AvgIpc) is 2.81. The maximum atomic E-state index is 11.3. The van der Waals surface area contributed by atoms with Crippen LogP contribution in [0.15, 0.2) is 41.7 Å². The van der Waals surface area contributed by atoms with Crippen molar-refractivity contribution in [3.05, 3.63) is 53.0 Å². The van der Waals surface area contributed by atoms with Crippen molar-refractivity contribution < 1.29 is 0 Å². The number of fused-ring (bicyclic) bond motifs is 1. The Morgan fingerprint density at radius 2 is 2.16 bits per heavy atom. The van der Waals surface area contributed by atoms with Crippen molar-refractivity contribution >= 4 is 11.5 Å². The predicted octanol–water partition coefficient (Wildman–Crippen LogP) is 0.986. The van der Waals surface area contributed by atoms with Crippen molar-refractivity contribution in [2.24, 2.45) is 0 Å². The Balaban J connectivity index is 1.87. The maximum Gasteiger partial charge on any atom is 0.348 e. The molecule has 0 fully saturated rings. The Bertz CT molecular complexity index is 748. The zero-order valence-electron chi connectivity index (χ0n) is 10.2. The van der Waals surface area contributed by atoms with Gasteiger partial charge in [-0.05, 0) is 24.6 Å². The van der Waals surface area contributed by atoms with Crippen molar-refractivity contribution in [2.45, 2.75) is 13.0 Å². The summed E-state index contributed by atoms with van der Waals surface area (Å²) >= 11 is 0. The first-order valence-corrected chi connectivity index (χ1v) is 5.83. The minimum atomic E-state index is -0.295. The number of pyridine rings is 1. The summed E-state index contributed by atoms with van der Waals surface area (Å²) in [5, 5.41) is 9.52. The topological polar surface area (TPSA) is 88.0 Å². The molecule has 0 aliphatic carbocycles. The Morgan fingerprint density at radius 1 is 1.37 bits per heavy atom. The fourth-order valence-electron chi connectivity index (χ4n) is 1.85. The lowest BCUT2D eigenvalue weighted by atomic mass is 10.1. The summed E-state index contributed by atoms with van der Waals surface area (Å²) < 4.78 is 1.35. The minimum Gasteiger partial charge on any atom is -0.363 e. The molecule has 0 bridgehead atoms. The van der Waals surface area contributed by atoms with E-state index in [4.69, 9.17) is 0 Å². The Labute approximate surface area is 108 Å². The summed E-state index contributed by atoms with van der Waals surface area (Å²) in [5.74, 6) is 0.663. The van der Waals surface area contributed by atoms with Crippen LogP contribution in [-0.2, 0) is 0 Å². The molecule has 1 atom stereocenters. The van der Waals surface area contributed by atoms with Crippen molar-refractivity contribution in [2.75, 3.05) is 5.32 Å². The van der Waals surface area contributed by atoms with E-state index in [1.807, 2.05) is 19.1 Å². The van der Waals surface area contributed by atoms with E-state index in [0.717, 1.165) is 5.56 Å². The third-order valence-corrected chi connectivity index (χ3v) is 2.88. The molecule has 0 saturated carbocycles. The first kappa shape index (κ1) is 11.4. The number of anilines is 1. The number of hydrogen-bond donors (Lipinski definition) is 2. The van der Waals surface area contributed by atoms with Gasteiger partial charge in [0, 0.05) is 18.5 Å². The monoisotopic (exact) mass is 256 g/mol. The number of aromatic amines is 1. The molecule has 0 spiro atoms. The smallest absolute Gasteiger partial charge is 0.348 e. The maximum absolute atomic E-state index is 11.3. The highest BCUT2D eigenvalue weighted by Crippen LogP contribution is 2.16. The second kappa shape index (κ2) is 4.52. The van der Waals surface area contributed by atoms with Gasteiger partial charge in [-0.15, -0.1) is 0 Å². The molecule has 0 radical (unpaired) electrons. The summed E-state index contributed by atoms with van der Waals surface area (Å²) in [5.41, 5.74) is 1.34. The van der Waals surface area contributed by atoms with Crippen molar-refractivity contribution in [3.63, 3.8) is 0 Å². The SMILES string of the molecule is CC(Nc1cc2n[nH]c(=O)n2cn1)c1ccncc1. The first-order chi connectivity index (χ1) is 9.24. The van der Waals surface area contributed by atoms with E-state index in [1.165, 1.54) is 10.7 Å². The Kier molecular flexibility index (Phi) is 2.71. The highest BCUT2D eigenvalue weighted by molar-refractivity contribution is 5.49. The van der Waals surface area contributed by atoms with Crippen LogP contribution in [-0.4, -0.2) is 24.6 Å². The summed E-state index contributed by atoms with van der Waals surface area (Å²) in [4.78, 5) is 19.5. The molecular weight excluding hydrogens is 244 g/mol. The van der Waals surface area contributed by atoms with Crippen LogP contribution in [0.4, 0.5) is 5.82 Å². The Hall–Kier alpha value is -2.70. The van der Waals surface area contributed by atoms with Crippen LogP contribution in [0.2, 0.25) is 0 Å². The molecule has 0 amide bonds. The fraction of sp³-hybridized carbons (Fsp3) is 0.167. The van der Waals surface area contributed by atoms with Crippen LogP contribution < -0.4 is 11.0 Å². The quantitative estimate of drug-likeness (QED) is 0.729. The van der Waals surface area contributed by atoms with Crippen LogP contribution in [0, 0.1) is 0 Å². The van der Waals surface area contributed by atoms with Gasteiger partial charge in [-0.2, -0.15) is 5.10 Å². The molecule has 0 aromatic carbocycles. The Morgan fingerprint density at radius 3 is 2.95 bits per heavy atom. The number of rotatable bonds is 3. The molecule has 3 aromatic heterocycles. The molecular formula is C12H12N6O. The predicted molar refractivity (Wildman–Crippen MR) is 69.9 cm³/mol. The second-order valence-electron chi connectivity index (χ2n) is 4.18. The molecule has 19 heavy (non-hydrogen) atoms. The molecule has 3 rings (SSSR count). The molecule has 7 nitrogen and oxygen atoms in total. The average molecular weight is 256 g/mol. The van der Waals surface area contributed by atoms with E-state index in [0.29, 0.717) is 11.5 Å². The van der Waals surface area contributed by atoms with Crippen LogP contribution in [0.25, 0.3) is 5.65 Å². The lowest BCUT2D eigenvalue weighted by Gasteiger charge is -2.14. The number of H-pyrrole nitrogens is 1. The number of aromatic nitrogens is 5. The highest BCUT2D eigenvalue weighted by atomic mass is 16.1. The zero-order chi connectivity index (χ0) is 13.2. The van der Waals surface area contributed by atoms with E-state index in [1.54, 1.807) is 18.5 Å². The van der Waals surface area contributed by atoms with Crippen LogP contribution in [0.5, 0.6) is 0 Å². The van der Waals surface area contributed by atoms with Gasteiger partial charge >= 0.3 is 5.69 Å². The van der Waals surface area contributed by atoms with E-state index in [9.17, 15) is 4.79 Å². The van der Waals surface area contributed by atoms with Crippen molar-refractivity contribution in [1.82, 2.24) is 24.6 Å². The summed E-state index contributed by atoms with van der Waals surface area (Å²) in [6.45, 7) is 2.03. The minimum absolute atomic E-state index is 0.0867. The molecule has 3 aromatic rings. The van der Waals surface area contributed by atoms with Crippen LogP contribution >= 0.6 is 0 Å². The zero-order valence-corrected chi connectivity index (χ0v) is 10.2. The van der Waals surface area contributed by atoms with E-state index in [-0.39, 0.29) is 11.7 Å². The molecule has 0 aliphatic rings. The molecule has 3 heterocycles. The second-order valence-corrected chi connectivity index (χ2v) is 4.18. The van der Waals surface area contributed by atoms with Gasteiger partial charge in [-0.25, -0.2) is 19.3 Å². The normalized spacial score (nSPS) is 12.5. The van der Waals surface area contributed by atoms with Crippen molar-refractivity contribution in [3.8, 4) is 0 Å². The largest absolute Gasteiger partial charge is 0.363 e. The molecule has 96 valence electrons. The summed E-state index contributed by atoms with van der Waals surface area (Å²) in [6, 6.07) is 5.68. The lowest BCUT2D eigenvalue weighted by molar-refractivity contribution is 0.866. The highest BCUT2D eigenvalue weighted by Gasteiger charge is 2.07. The van der Waals surface area contributed by atoms with E-state index >= 15 is 0 Å². The molecule has 0 aliphatic heterocycles. The lowest BCUT2D eigenvalue weighted by Crippen LogP contribution is -2.11. The number of hydrogen-bond acceptors (Lipinski definition) is 5. The van der Waals surface area contributed by atoms with Gasteiger partial charge < -0.3 is 5.32 Å². The molecule has 7 heteroatoms. The van der Waals surface area contributed by atoms with Gasteiger partial charge in [0.05, 0.1) is 6.04 Å². The third-order valence-electron chi connectivity index (χ3n) is 2.88. The van der Waals surface area contributed by atoms with Crippen molar-refractivity contribution in [1.29, 1.82) is 0 Å². The van der Waals surface area contributed by atoms with Gasteiger partial charge in [0.15, 0.2) is 5.65 Å². The molecule has 2 N–H and O–H groups in total. The van der Waals surface area contributed by atoms with Gasteiger partial charge in [0.25, 0.3) is 0 Å². The van der Waals surface area contributed by atoms with Gasteiger partial charge in [0.1, 0.15) is 12.1 Å². The van der Waals surface area contributed by atoms with Crippen LogP contribution in [0.3, 0.4) is 0 Å². The first-order valence-electron chi connectivity index (χ1n) is 5.83. The number of nitrogens with zero attached hydrogens (tertiary/aromatic N) is 4. The van der Waals surface area contributed by atoms with E-state index < -0.39 is 0 Å². The van der Waals surface area contributed by atoms with Gasteiger partial charge in [-0.1, -0.05) is 0 Å². The van der Waals surface area contributed by atoms with E-state index in [2.05, 4.69) is 25.5 Å². The standard InChI is InChI=1S/C12H12N6O/c1-8(9-2-4-13-5-3-9)15-10-6-11-16-17-12(19)18(11)7-14-10/h2-8,15H,1H3,(H,17,19). The third kappa shape index (κ3) is 2.17. The fourth-order valence-corrected chi connectivity index (χ4v) is 1.85. The van der Waals surface area contributed by atoms with Crippen LogP contribution in [0.1, 0.15) is 18.5 Å². The molecule has 1 unspecified atom stereocenters. The number of nitrogens with one attached hydrogen (secondary N) is 2. The summed E-state index contributed by atoms with van der Waals surface area (Å²) in [6.07, 6.45) is 4.94. The molecule has 0 saturated heterocycles. The van der Waals surface area contributed by atoms with Gasteiger partial charge in [0.2, 0.25) is 0 Å². The summed E-state index contributed by atoms with van der Waals surface area (Å²) in [7, 11) is 0. The van der Waals surface area contributed by atoms with Gasteiger partial charge in [-0.3, -0.25) is 4.98 Å².